The van der Waals surface area contributed by atoms with Crippen LogP contribution in [0.15, 0.2) is 12.3 Å². The Morgan fingerprint density at radius 1 is 1.53 bits per heavy atom. The van der Waals surface area contributed by atoms with Gasteiger partial charge < -0.3 is 5.32 Å². The van der Waals surface area contributed by atoms with Crippen molar-refractivity contribution in [2.75, 3.05) is 18.6 Å². The third kappa shape index (κ3) is 4.18. The number of hydrogen-bond donors (Lipinski definition) is 1. The second-order valence-corrected chi connectivity index (χ2v) is 4.90. The smallest absolute Gasteiger partial charge is 0.254 e. The van der Waals surface area contributed by atoms with Crippen molar-refractivity contribution in [2.45, 2.75) is 6.42 Å². The molecule has 0 aliphatic heterocycles. The maximum atomic E-state index is 13.1. The Labute approximate surface area is 99.9 Å². The van der Waals surface area contributed by atoms with Gasteiger partial charge in [-0.3, -0.25) is 9.00 Å². The second kappa shape index (κ2) is 6.39. The predicted octanol–water partition coefficient (Wildman–Crippen LogP) is 0.858. The Hall–Kier alpha value is -1.37. The van der Waals surface area contributed by atoms with Crippen LogP contribution in [-0.4, -0.2) is 33.7 Å². The molecule has 1 aromatic rings. The van der Waals surface area contributed by atoms with Crippen molar-refractivity contribution in [1.82, 2.24) is 10.3 Å². The van der Waals surface area contributed by atoms with Gasteiger partial charge in [-0.15, -0.1) is 0 Å². The summed E-state index contributed by atoms with van der Waals surface area (Å²) in [6.45, 7) is 0.266. The van der Waals surface area contributed by atoms with Crippen molar-refractivity contribution < 1.29 is 17.8 Å². The molecule has 4 nitrogen and oxygen atoms in total. The van der Waals surface area contributed by atoms with E-state index in [4.69, 9.17) is 0 Å². The molecule has 94 valence electrons. The molecular weight excluding hydrogens is 250 g/mol. The standard InChI is InChI=1S/C10H12F2N2O2S/c1-17(16)6-2-4-14-10(15)7-3-5-13-9(12)8(7)11/h3,5H,2,4,6H2,1H3,(H,14,15). The lowest BCUT2D eigenvalue weighted by atomic mass is 10.2. The van der Waals surface area contributed by atoms with E-state index in [0.29, 0.717) is 12.2 Å². The largest absolute Gasteiger partial charge is 0.352 e. The molecule has 1 heterocycles. The van der Waals surface area contributed by atoms with Crippen molar-refractivity contribution in [3.05, 3.63) is 29.6 Å². The van der Waals surface area contributed by atoms with Gasteiger partial charge in [0.05, 0.1) is 5.56 Å². The van der Waals surface area contributed by atoms with E-state index in [1.54, 1.807) is 6.26 Å². The Morgan fingerprint density at radius 2 is 2.24 bits per heavy atom. The number of nitrogens with one attached hydrogen (secondary N) is 1. The van der Waals surface area contributed by atoms with E-state index in [-0.39, 0.29) is 12.1 Å². The predicted molar refractivity (Wildman–Crippen MR) is 60.0 cm³/mol. The van der Waals surface area contributed by atoms with Gasteiger partial charge in [0.25, 0.3) is 5.91 Å². The number of rotatable bonds is 5. The molecule has 1 rings (SSSR count). The SMILES string of the molecule is CS(=O)CCCNC(=O)c1ccnc(F)c1F. The summed E-state index contributed by atoms with van der Waals surface area (Å²) in [6, 6.07) is 1.10. The summed E-state index contributed by atoms with van der Waals surface area (Å²) in [7, 11) is -0.928. The Bertz CT molecular complexity index is 440. The lowest BCUT2D eigenvalue weighted by molar-refractivity contribution is 0.0948. The van der Waals surface area contributed by atoms with Crippen LogP contribution in [0.4, 0.5) is 8.78 Å². The molecule has 1 amide bonds. The van der Waals surface area contributed by atoms with Gasteiger partial charge in [0, 0.05) is 35.5 Å². The number of halogens is 2. The van der Waals surface area contributed by atoms with Crippen LogP contribution in [-0.2, 0) is 10.8 Å². The Kier molecular flexibility index (Phi) is 5.14. The first kappa shape index (κ1) is 13.7. The third-order valence-corrected chi connectivity index (χ3v) is 2.85. The van der Waals surface area contributed by atoms with E-state index >= 15 is 0 Å². The van der Waals surface area contributed by atoms with Crippen LogP contribution in [0.25, 0.3) is 0 Å². The molecule has 0 spiro atoms. The zero-order chi connectivity index (χ0) is 12.8. The molecule has 0 radical (unpaired) electrons. The molecule has 0 aromatic carbocycles. The zero-order valence-electron chi connectivity index (χ0n) is 9.20. The quantitative estimate of drug-likeness (QED) is 0.632. The zero-order valence-corrected chi connectivity index (χ0v) is 10.0. The molecular formula is C10H12F2N2O2S. The molecule has 1 unspecified atom stereocenters. The van der Waals surface area contributed by atoms with E-state index in [0.717, 1.165) is 12.3 Å². The van der Waals surface area contributed by atoms with Crippen LogP contribution < -0.4 is 5.32 Å². The van der Waals surface area contributed by atoms with Crippen LogP contribution in [0.2, 0.25) is 0 Å². The molecule has 0 saturated heterocycles. The summed E-state index contributed by atoms with van der Waals surface area (Å²) in [5, 5.41) is 2.41. The van der Waals surface area contributed by atoms with Gasteiger partial charge >= 0.3 is 0 Å². The monoisotopic (exact) mass is 262 g/mol. The minimum absolute atomic E-state index is 0.266. The van der Waals surface area contributed by atoms with Gasteiger partial charge in [-0.05, 0) is 12.5 Å². The molecule has 0 bridgehead atoms. The average Bonchev–Trinajstić information content (AvgIpc) is 2.27. The minimum atomic E-state index is -1.30. The summed E-state index contributed by atoms with van der Waals surface area (Å²) in [5.74, 6) is -2.81. The molecule has 0 fully saturated rings. The van der Waals surface area contributed by atoms with Crippen LogP contribution in [0, 0.1) is 11.8 Å². The van der Waals surface area contributed by atoms with Gasteiger partial charge in [0.2, 0.25) is 5.95 Å². The molecule has 1 N–H and O–H groups in total. The van der Waals surface area contributed by atoms with Crippen molar-refractivity contribution in [3.63, 3.8) is 0 Å². The van der Waals surface area contributed by atoms with Crippen LogP contribution in [0.5, 0.6) is 0 Å². The van der Waals surface area contributed by atoms with Gasteiger partial charge in [-0.2, -0.15) is 4.39 Å². The second-order valence-electron chi connectivity index (χ2n) is 3.35. The summed E-state index contributed by atoms with van der Waals surface area (Å²) in [5.41, 5.74) is -0.380. The minimum Gasteiger partial charge on any atom is -0.352 e. The van der Waals surface area contributed by atoms with Crippen LogP contribution >= 0.6 is 0 Å². The van der Waals surface area contributed by atoms with E-state index in [2.05, 4.69) is 10.3 Å². The first-order valence-corrected chi connectivity index (χ1v) is 6.63. The molecule has 1 aromatic heterocycles. The first-order chi connectivity index (χ1) is 8.02. The van der Waals surface area contributed by atoms with E-state index in [9.17, 15) is 17.8 Å². The van der Waals surface area contributed by atoms with E-state index in [1.807, 2.05) is 0 Å². The van der Waals surface area contributed by atoms with E-state index < -0.39 is 28.5 Å². The Balaban J connectivity index is 2.53. The highest BCUT2D eigenvalue weighted by atomic mass is 32.2. The molecule has 0 aliphatic rings. The molecule has 0 saturated carbocycles. The number of pyridine rings is 1. The van der Waals surface area contributed by atoms with Crippen molar-refractivity contribution in [1.29, 1.82) is 0 Å². The number of amides is 1. The highest BCUT2D eigenvalue weighted by Crippen LogP contribution is 2.08. The maximum Gasteiger partial charge on any atom is 0.254 e. The summed E-state index contributed by atoms with van der Waals surface area (Å²) >= 11 is 0. The normalized spacial score (nSPS) is 12.2. The van der Waals surface area contributed by atoms with Gasteiger partial charge in [-0.25, -0.2) is 9.37 Å². The van der Waals surface area contributed by atoms with Crippen molar-refractivity contribution >= 4 is 16.7 Å². The summed E-state index contributed by atoms with van der Waals surface area (Å²) in [6.07, 6.45) is 3.10. The lowest BCUT2D eigenvalue weighted by Crippen LogP contribution is -2.26. The fourth-order valence-electron chi connectivity index (χ4n) is 1.17. The Morgan fingerprint density at radius 3 is 2.88 bits per heavy atom. The molecule has 17 heavy (non-hydrogen) atoms. The van der Waals surface area contributed by atoms with Crippen LogP contribution in [0.1, 0.15) is 16.8 Å². The number of carbonyl (C=O) groups excluding carboxylic acids is 1. The molecule has 1 atom stereocenters. The molecule has 7 heteroatoms. The lowest BCUT2D eigenvalue weighted by Gasteiger charge is -2.05. The fraction of sp³-hybridized carbons (Fsp3) is 0.400. The number of carbonyl (C=O) groups is 1. The summed E-state index contributed by atoms with van der Waals surface area (Å²) < 4.78 is 36.6. The maximum absolute atomic E-state index is 13.1. The number of hydrogen-bond acceptors (Lipinski definition) is 3. The average molecular weight is 262 g/mol. The van der Waals surface area contributed by atoms with Gasteiger partial charge in [0.15, 0.2) is 5.82 Å². The number of nitrogens with zero attached hydrogens (tertiary/aromatic N) is 1. The number of aromatic nitrogens is 1. The van der Waals surface area contributed by atoms with Crippen molar-refractivity contribution in [3.8, 4) is 0 Å². The third-order valence-electron chi connectivity index (χ3n) is 1.99. The van der Waals surface area contributed by atoms with Gasteiger partial charge in [0.1, 0.15) is 0 Å². The highest BCUT2D eigenvalue weighted by molar-refractivity contribution is 7.84. The molecule has 0 aliphatic carbocycles. The van der Waals surface area contributed by atoms with E-state index in [1.165, 1.54) is 0 Å². The van der Waals surface area contributed by atoms with Crippen LogP contribution in [0.3, 0.4) is 0 Å². The first-order valence-electron chi connectivity index (χ1n) is 4.90. The fourth-order valence-corrected chi connectivity index (χ4v) is 1.72. The topological polar surface area (TPSA) is 59.1 Å². The van der Waals surface area contributed by atoms with Crippen molar-refractivity contribution in [2.24, 2.45) is 0 Å². The van der Waals surface area contributed by atoms with Gasteiger partial charge in [-0.1, -0.05) is 0 Å². The highest BCUT2D eigenvalue weighted by Gasteiger charge is 2.15. The summed E-state index contributed by atoms with van der Waals surface area (Å²) in [4.78, 5) is 14.5.